The monoisotopic (exact) mass is 662 g/mol. The molecule has 1 aliphatic heterocycles. The molecule has 7 rings (SSSR count). The van der Waals surface area contributed by atoms with Crippen LogP contribution in [0.5, 0.6) is 5.75 Å². The third-order valence-electron chi connectivity index (χ3n) is 8.09. The summed E-state index contributed by atoms with van der Waals surface area (Å²) in [6.07, 6.45) is 4.18. The number of ether oxygens (including phenoxy) is 1. The van der Waals surface area contributed by atoms with E-state index < -0.39 is 24.0 Å². The second kappa shape index (κ2) is 11.2. The molecule has 2 amide bonds. The minimum atomic E-state index is -4.16. The molecular formula is C32H24Cl2F2N7O3+. The molecule has 232 valence electrons. The van der Waals surface area contributed by atoms with E-state index in [1.54, 1.807) is 35.0 Å². The summed E-state index contributed by atoms with van der Waals surface area (Å²) in [5, 5.41) is 5.69. The van der Waals surface area contributed by atoms with Crippen LogP contribution in [0.25, 0.3) is 22.2 Å². The number of rotatable bonds is 8. The molecule has 0 unspecified atom stereocenters. The van der Waals surface area contributed by atoms with Gasteiger partial charge in [-0.1, -0.05) is 29.3 Å². The predicted molar refractivity (Wildman–Crippen MR) is 164 cm³/mol. The Morgan fingerprint density at radius 1 is 1.15 bits per heavy atom. The number of benzene rings is 1. The topological polar surface area (TPSA) is 130 Å². The Morgan fingerprint density at radius 2 is 1.89 bits per heavy atom. The fourth-order valence-electron chi connectivity index (χ4n) is 5.61. The van der Waals surface area contributed by atoms with Crippen molar-refractivity contribution in [3.8, 4) is 16.9 Å². The number of hydrogen-bond acceptors (Lipinski definition) is 6. The molecule has 2 N–H and O–H groups in total. The smallest absolute Gasteiger partial charge is 0.423 e. The summed E-state index contributed by atoms with van der Waals surface area (Å²) in [6, 6.07) is 10.6. The van der Waals surface area contributed by atoms with Crippen LogP contribution in [-0.2, 0) is 17.8 Å². The predicted octanol–water partition coefficient (Wildman–Crippen LogP) is 5.38. The number of halogens is 4. The van der Waals surface area contributed by atoms with Crippen molar-refractivity contribution in [3.05, 3.63) is 93.7 Å². The van der Waals surface area contributed by atoms with Gasteiger partial charge in [-0.3, -0.25) is 24.5 Å². The lowest BCUT2D eigenvalue weighted by Crippen LogP contribution is -2.50. The van der Waals surface area contributed by atoms with Gasteiger partial charge >= 0.3 is 18.2 Å². The molecule has 2 aliphatic rings. The summed E-state index contributed by atoms with van der Waals surface area (Å²) >= 11 is 12.0. The second-order valence-electron chi connectivity index (χ2n) is 11.3. The highest BCUT2D eigenvalue weighted by Gasteiger charge is 2.50. The highest BCUT2D eigenvalue weighted by molar-refractivity contribution is 6.30. The van der Waals surface area contributed by atoms with Gasteiger partial charge in [-0.05, 0) is 78.7 Å². The minimum Gasteiger partial charge on any atom is -0.423 e. The van der Waals surface area contributed by atoms with Crippen LogP contribution in [-0.4, -0.2) is 37.6 Å². The van der Waals surface area contributed by atoms with Crippen molar-refractivity contribution in [2.75, 3.05) is 4.90 Å². The standard InChI is InChI=1S/C32H23Cl2F2N7O3/c1-16(23-8-6-20(34)13-39-23)43-30-22(14-40-43)27(28(29(37)44)24(41-30)10-17-2-3-17)18-4-9-25-26(11-18)46-32(35,36)31(45)42(25)15-21-7-5-19(33)12-38-21/h4-9,11-13,16-17H,2-3,10,15H2,1H3,(H-,37,44)/p+1/t16-/m1/s1. The van der Waals surface area contributed by atoms with Gasteiger partial charge in [0.15, 0.2) is 11.1 Å². The highest BCUT2D eigenvalue weighted by atomic mass is 35.5. The zero-order valence-corrected chi connectivity index (χ0v) is 25.7. The number of fused-ring (bicyclic) bond motifs is 2. The Kier molecular flexibility index (Phi) is 7.25. The average Bonchev–Trinajstić information content (AvgIpc) is 3.74. The largest absolute Gasteiger partial charge is 0.482 e. The molecular weight excluding hydrogens is 639 g/mol. The third kappa shape index (κ3) is 5.35. The molecule has 0 saturated heterocycles. The number of carbonyl (C=O) groups is 2. The van der Waals surface area contributed by atoms with Gasteiger partial charge in [-0.25, -0.2) is 4.98 Å². The number of primary amides is 1. The molecule has 14 heteroatoms. The SMILES string of the molecule is C[C@H](c1ccc(Cl)cn1)n1[n+]#cc2c(-c3ccc4c(c3)OC(F)(F)C(=O)N4Cc3ccc(Cl)cn3)c(C(N)=O)c(CC3CC3)nc21. The Labute approximate surface area is 271 Å². The summed E-state index contributed by atoms with van der Waals surface area (Å²) in [5.74, 6) is -2.22. The van der Waals surface area contributed by atoms with Gasteiger partial charge in [0.2, 0.25) is 5.65 Å². The quantitative estimate of drug-likeness (QED) is 0.236. The number of aromatic nitrogens is 5. The van der Waals surface area contributed by atoms with Crippen LogP contribution in [0, 0.1) is 12.1 Å². The van der Waals surface area contributed by atoms with Crippen molar-refractivity contribution in [1.82, 2.24) is 19.6 Å². The average molecular weight is 663 g/mol. The Morgan fingerprint density at radius 3 is 2.54 bits per heavy atom. The number of anilines is 1. The van der Waals surface area contributed by atoms with E-state index in [0.717, 1.165) is 17.7 Å². The number of nitrogens with zero attached hydrogens (tertiary/aromatic N) is 6. The zero-order chi connectivity index (χ0) is 32.3. The Bertz CT molecular complexity index is 2020. The van der Waals surface area contributed by atoms with Gasteiger partial charge in [0.05, 0.1) is 50.0 Å². The molecule has 0 spiro atoms. The summed E-state index contributed by atoms with van der Waals surface area (Å²) in [4.78, 5) is 40.2. The molecule has 1 aromatic carbocycles. The fourth-order valence-corrected chi connectivity index (χ4v) is 5.84. The molecule has 0 bridgehead atoms. The maximum absolute atomic E-state index is 15.0. The van der Waals surface area contributed by atoms with Gasteiger partial charge < -0.3 is 10.5 Å². The van der Waals surface area contributed by atoms with Crippen LogP contribution >= 0.6 is 23.2 Å². The van der Waals surface area contributed by atoms with E-state index in [0.29, 0.717) is 61.6 Å². The molecule has 1 aliphatic carbocycles. The molecule has 10 nitrogen and oxygen atoms in total. The lowest BCUT2D eigenvalue weighted by Gasteiger charge is -2.33. The maximum atomic E-state index is 15.0. The highest BCUT2D eigenvalue weighted by Crippen LogP contribution is 2.44. The van der Waals surface area contributed by atoms with Gasteiger partial charge in [0.25, 0.3) is 5.91 Å². The van der Waals surface area contributed by atoms with Crippen LogP contribution in [0.15, 0.2) is 54.9 Å². The molecule has 5 aromatic rings. The van der Waals surface area contributed by atoms with E-state index in [4.69, 9.17) is 38.7 Å². The van der Waals surface area contributed by atoms with Crippen molar-refractivity contribution < 1.29 is 28.2 Å². The van der Waals surface area contributed by atoms with E-state index in [1.165, 1.54) is 24.5 Å². The summed E-state index contributed by atoms with van der Waals surface area (Å²) < 4.78 is 36.6. The zero-order valence-electron chi connectivity index (χ0n) is 24.2. The molecule has 1 atom stereocenters. The maximum Gasteiger partial charge on any atom is 0.482 e. The lowest BCUT2D eigenvalue weighted by atomic mass is 9.93. The van der Waals surface area contributed by atoms with Crippen LogP contribution < -0.4 is 20.5 Å². The number of nitrogens with two attached hydrogens (primary N) is 1. The lowest BCUT2D eigenvalue weighted by molar-refractivity contribution is -0.417. The molecule has 5 heterocycles. The minimum absolute atomic E-state index is 0.0997. The van der Waals surface area contributed by atoms with Crippen molar-refractivity contribution in [2.24, 2.45) is 11.7 Å². The van der Waals surface area contributed by atoms with E-state index >= 15 is 8.78 Å². The van der Waals surface area contributed by atoms with Gasteiger partial charge in [-0.15, -0.1) is 0 Å². The molecule has 1 fully saturated rings. The Hall–Kier alpha value is -4.86. The van der Waals surface area contributed by atoms with Crippen molar-refractivity contribution in [3.63, 3.8) is 0 Å². The first-order chi connectivity index (χ1) is 22.0. The first-order valence-corrected chi connectivity index (χ1v) is 15.1. The number of alkyl halides is 2. The van der Waals surface area contributed by atoms with Crippen LogP contribution in [0.1, 0.15) is 53.2 Å². The fraction of sp³-hybridized carbons (Fsp3) is 0.250. The first-order valence-electron chi connectivity index (χ1n) is 14.4. The van der Waals surface area contributed by atoms with E-state index in [2.05, 4.69) is 21.3 Å². The number of pyridine rings is 3. The van der Waals surface area contributed by atoms with Gasteiger partial charge in [0, 0.05) is 18.0 Å². The first kappa shape index (κ1) is 29.8. The van der Waals surface area contributed by atoms with Crippen molar-refractivity contribution in [1.29, 1.82) is 0 Å². The normalized spacial score (nSPS) is 16.1. The van der Waals surface area contributed by atoms with Crippen molar-refractivity contribution >= 4 is 51.7 Å². The van der Waals surface area contributed by atoms with E-state index in [9.17, 15) is 9.59 Å². The molecule has 46 heavy (non-hydrogen) atoms. The third-order valence-corrected chi connectivity index (χ3v) is 8.54. The number of carbonyl (C=O) groups excluding carboxylic acids is 2. The van der Waals surface area contributed by atoms with Crippen LogP contribution in [0.4, 0.5) is 14.5 Å². The molecule has 4 aromatic heterocycles. The summed E-state index contributed by atoms with van der Waals surface area (Å²) in [7, 11) is 0. The van der Waals surface area contributed by atoms with E-state index in [1.807, 2.05) is 6.92 Å². The van der Waals surface area contributed by atoms with Crippen LogP contribution in [0.2, 0.25) is 10.0 Å². The van der Waals surface area contributed by atoms with Crippen LogP contribution in [0.3, 0.4) is 0 Å². The number of amides is 2. The van der Waals surface area contributed by atoms with Gasteiger partial charge in [-0.2, -0.15) is 8.78 Å². The summed E-state index contributed by atoms with van der Waals surface area (Å²) in [6.45, 7) is 1.63. The molecule has 1 saturated carbocycles. The van der Waals surface area contributed by atoms with E-state index in [-0.39, 0.29) is 23.5 Å². The summed E-state index contributed by atoms with van der Waals surface area (Å²) in [5.41, 5.74) is 8.76. The molecule has 0 radical (unpaired) electrons. The number of hydrogen-bond donors (Lipinski definition) is 1. The van der Waals surface area contributed by atoms with Crippen molar-refractivity contribution in [2.45, 2.75) is 44.9 Å². The van der Waals surface area contributed by atoms with Gasteiger partial charge in [0.1, 0.15) is 6.04 Å². The second-order valence-corrected chi connectivity index (χ2v) is 12.2. The Balaban J connectivity index is 1.39.